The Labute approximate surface area is 173 Å². The summed E-state index contributed by atoms with van der Waals surface area (Å²) in [7, 11) is 0. The molecule has 160 valence electrons. The number of amides is 1. The Morgan fingerprint density at radius 3 is 2.19 bits per heavy atom. The monoisotopic (exact) mass is 433 g/mol. The summed E-state index contributed by atoms with van der Waals surface area (Å²) in [4.78, 5) is 23.6. The van der Waals surface area contributed by atoms with Crippen LogP contribution in [0, 0.1) is 11.6 Å². The van der Waals surface area contributed by atoms with Crippen molar-refractivity contribution in [3.8, 4) is 11.5 Å². The number of nitrogens with one attached hydrogen (secondary N) is 1. The molecule has 0 bridgehead atoms. The van der Waals surface area contributed by atoms with Gasteiger partial charge in [-0.3, -0.25) is 4.79 Å². The molecule has 31 heavy (non-hydrogen) atoms. The number of halogens is 4. The van der Waals surface area contributed by atoms with Gasteiger partial charge < -0.3 is 15.2 Å². The molecule has 3 aromatic rings. The number of carbonyl (C=O) groups excluding carboxylic acids is 1. The number of carbonyl (C=O) groups is 2. The van der Waals surface area contributed by atoms with Gasteiger partial charge in [-0.1, -0.05) is 6.07 Å². The van der Waals surface area contributed by atoms with Crippen molar-refractivity contribution in [2.45, 2.75) is 12.8 Å². The predicted molar refractivity (Wildman–Crippen MR) is 104 cm³/mol. The van der Waals surface area contributed by atoms with Crippen molar-refractivity contribution in [3.63, 3.8) is 0 Å². The molecule has 0 unspecified atom stereocenters. The number of alkyl halides is 2. The van der Waals surface area contributed by atoms with Crippen LogP contribution in [-0.4, -0.2) is 17.0 Å². The number of carboxylic acids is 1. The number of ether oxygens (including phenoxy) is 1. The van der Waals surface area contributed by atoms with Gasteiger partial charge in [0.1, 0.15) is 11.6 Å². The molecule has 0 radical (unpaired) electrons. The minimum atomic E-state index is -3.26. The maximum atomic E-state index is 14.0. The van der Waals surface area contributed by atoms with E-state index in [1.54, 1.807) is 0 Å². The van der Waals surface area contributed by atoms with E-state index in [0.29, 0.717) is 13.0 Å². The lowest BCUT2D eigenvalue weighted by molar-refractivity contribution is 0.0172. The zero-order chi connectivity index (χ0) is 22.8. The van der Waals surface area contributed by atoms with Crippen molar-refractivity contribution in [1.82, 2.24) is 0 Å². The van der Waals surface area contributed by atoms with E-state index in [0.717, 1.165) is 30.3 Å². The first-order valence-corrected chi connectivity index (χ1v) is 8.84. The normalized spacial score (nSPS) is 11.1. The van der Waals surface area contributed by atoms with Gasteiger partial charge in [-0.15, -0.1) is 0 Å². The number of benzene rings is 3. The van der Waals surface area contributed by atoms with Gasteiger partial charge in [-0.2, -0.15) is 0 Å². The summed E-state index contributed by atoms with van der Waals surface area (Å²) in [5.74, 6) is -7.95. The second-order valence-electron chi connectivity index (χ2n) is 6.61. The molecule has 1 amide bonds. The molecule has 0 aliphatic rings. The van der Waals surface area contributed by atoms with Gasteiger partial charge in [0.25, 0.3) is 11.8 Å². The first kappa shape index (κ1) is 21.8. The summed E-state index contributed by atoms with van der Waals surface area (Å²) in [5.41, 5.74) is -0.437. The van der Waals surface area contributed by atoms with Gasteiger partial charge in [0.05, 0.1) is 11.1 Å². The van der Waals surface area contributed by atoms with Gasteiger partial charge in [0, 0.05) is 24.2 Å². The molecule has 0 fully saturated rings. The van der Waals surface area contributed by atoms with E-state index in [9.17, 15) is 27.2 Å². The first-order valence-electron chi connectivity index (χ1n) is 8.84. The van der Waals surface area contributed by atoms with Crippen LogP contribution in [0.25, 0.3) is 0 Å². The molecule has 0 aromatic heterocycles. The summed E-state index contributed by atoms with van der Waals surface area (Å²) >= 11 is 0. The van der Waals surface area contributed by atoms with E-state index in [1.165, 1.54) is 24.3 Å². The Morgan fingerprint density at radius 1 is 0.935 bits per heavy atom. The van der Waals surface area contributed by atoms with Gasteiger partial charge >= 0.3 is 5.97 Å². The molecule has 0 saturated carbocycles. The van der Waals surface area contributed by atoms with Crippen LogP contribution in [0.5, 0.6) is 11.5 Å². The summed E-state index contributed by atoms with van der Waals surface area (Å²) in [6.45, 7) is 0.647. The topological polar surface area (TPSA) is 75.6 Å². The third-order valence-corrected chi connectivity index (χ3v) is 4.24. The quantitative estimate of drug-likeness (QED) is 0.481. The molecule has 0 spiro atoms. The van der Waals surface area contributed by atoms with Crippen LogP contribution >= 0.6 is 0 Å². The maximum Gasteiger partial charge on any atom is 0.335 e. The van der Waals surface area contributed by atoms with E-state index in [4.69, 9.17) is 9.84 Å². The lowest BCUT2D eigenvalue weighted by Crippen LogP contribution is -2.15. The second kappa shape index (κ2) is 8.47. The molecule has 9 heteroatoms. The van der Waals surface area contributed by atoms with E-state index in [1.807, 2.05) is 0 Å². The highest BCUT2D eigenvalue weighted by molar-refractivity contribution is 6.06. The SMILES string of the molecule is CC(F)(F)c1ccc(C(=O)Nc2ccc(C(=O)O)cc2)c(Oc2ccc(F)cc2F)c1. The van der Waals surface area contributed by atoms with Crippen molar-refractivity contribution >= 4 is 17.6 Å². The third-order valence-electron chi connectivity index (χ3n) is 4.24. The van der Waals surface area contributed by atoms with Crippen LogP contribution in [0.15, 0.2) is 60.7 Å². The Kier molecular flexibility index (Phi) is 5.96. The highest BCUT2D eigenvalue weighted by Gasteiger charge is 2.27. The maximum absolute atomic E-state index is 14.0. The highest BCUT2D eigenvalue weighted by Crippen LogP contribution is 2.35. The third kappa shape index (κ3) is 5.19. The number of anilines is 1. The zero-order valence-electron chi connectivity index (χ0n) is 16.0. The summed E-state index contributed by atoms with van der Waals surface area (Å²) in [5, 5.41) is 11.4. The molecule has 0 heterocycles. The largest absolute Gasteiger partial charge is 0.478 e. The van der Waals surface area contributed by atoms with Crippen LogP contribution in [0.2, 0.25) is 0 Å². The Bertz CT molecular complexity index is 1140. The van der Waals surface area contributed by atoms with Gasteiger partial charge in [0.15, 0.2) is 11.6 Å². The van der Waals surface area contributed by atoms with Crippen molar-refractivity contribution in [2.75, 3.05) is 5.32 Å². The van der Waals surface area contributed by atoms with Gasteiger partial charge in [-0.25, -0.2) is 22.4 Å². The number of carboxylic acid groups (broad SMARTS) is 1. The van der Waals surface area contributed by atoms with E-state index in [-0.39, 0.29) is 22.6 Å². The molecular formula is C22H15F4NO4. The van der Waals surface area contributed by atoms with Crippen LogP contribution in [0.3, 0.4) is 0 Å². The molecule has 3 rings (SSSR count). The number of hydrogen-bond acceptors (Lipinski definition) is 3. The van der Waals surface area contributed by atoms with E-state index >= 15 is 0 Å². The number of rotatable bonds is 6. The fourth-order valence-electron chi connectivity index (χ4n) is 2.64. The molecule has 0 atom stereocenters. The van der Waals surface area contributed by atoms with Crippen LogP contribution in [0.4, 0.5) is 23.2 Å². The molecule has 0 aliphatic heterocycles. The molecular weight excluding hydrogens is 418 g/mol. The lowest BCUT2D eigenvalue weighted by Gasteiger charge is -2.16. The average molecular weight is 433 g/mol. The molecule has 2 N–H and O–H groups in total. The Morgan fingerprint density at radius 2 is 1.61 bits per heavy atom. The first-order chi connectivity index (χ1) is 14.5. The fourth-order valence-corrected chi connectivity index (χ4v) is 2.64. The summed E-state index contributed by atoms with van der Waals surface area (Å²) in [6.07, 6.45) is 0. The standard InChI is InChI=1S/C22H15F4NO4/c1-22(25,26)13-4-8-16(19(10-13)31-18-9-5-14(23)11-17(18)24)20(28)27-15-6-2-12(3-7-15)21(29)30/h2-11H,1H3,(H,27,28)(H,29,30). The van der Waals surface area contributed by atoms with Crippen LogP contribution < -0.4 is 10.1 Å². The van der Waals surface area contributed by atoms with Crippen LogP contribution in [0.1, 0.15) is 33.2 Å². The number of aromatic carboxylic acids is 1. The Hall–Kier alpha value is -3.88. The van der Waals surface area contributed by atoms with E-state index < -0.39 is 40.7 Å². The highest BCUT2D eigenvalue weighted by atomic mass is 19.3. The average Bonchev–Trinajstić information content (AvgIpc) is 2.69. The van der Waals surface area contributed by atoms with Crippen molar-refractivity contribution < 1.29 is 37.0 Å². The Balaban J connectivity index is 1.95. The lowest BCUT2D eigenvalue weighted by atomic mass is 10.1. The van der Waals surface area contributed by atoms with Gasteiger partial charge in [0.2, 0.25) is 0 Å². The number of hydrogen-bond donors (Lipinski definition) is 2. The smallest absolute Gasteiger partial charge is 0.335 e. The molecule has 3 aromatic carbocycles. The van der Waals surface area contributed by atoms with Crippen molar-refractivity contribution in [3.05, 3.63) is 89.0 Å². The predicted octanol–water partition coefficient (Wildman–Crippen LogP) is 5.82. The molecule has 0 aliphatic carbocycles. The van der Waals surface area contributed by atoms with Gasteiger partial charge in [-0.05, 0) is 48.5 Å². The zero-order valence-corrected chi connectivity index (χ0v) is 16.0. The summed E-state index contributed by atoms with van der Waals surface area (Å²) < 4.78 is 60.0. The molecule has 0 saturated heterocycles. The fraction of sp³-hybridized carbons (Fsp3) is 0.0909. The summed E-state index contributed by atoms with van der Waals surface area (Å²) in [6, 6.07) is 10.7. The van der Waals surface area contributed by atoms with E-state index in [2.05, 4.69) is 5.32 Å². The minimum Gasteiger partial charge on any atom is -0.478 e. The molecule has 5 nitrogen and oxygen atoms in total. The van der Waals surface area contributed by atoms with Crippen molar-refractivity contribution in [1.29, 1.82) is 0 Å². The van der Waals surface area contributed by atoms with Crippen molar-refractivity contribution in [2.24, 2.45) is 0 Å². The minimum absolute atomic E-state index is 0.00309. The van der Waals surface area contributed by atoms with Crippen LogP contribution in [-0.2, 0) is 5.92 Å². The second-order valence-corrected chi connectivity index (χ2v) is 6.61.